The third kappa shape index (κ3) is 8.18. The zero-order chi connectivity index (χ0) is 37.9. The molecule has 0 spiro atoms. The van der Waals surface area contributed by atoms with Crippen LogP contribution in [0.2, 0.25) is 20.1 Å². The molecule has 0 unspecified atom stereocenters. The summed E-state index contributed by atoms with van der Waals surface area (Å²) >= 11 is 25.6. The van der Waals surface area contributed by atoms with Crippen LogP contribution in [0, 0.1) is 0 Å². The summed E-state index contributed by atoms with van der Waals surface area (Å²) in [4.78, 5) is 27.8. The van der Waals surface area contributed by atoms with Crippen LogP contribution in [-0.2, 0) is 25.7 Å². The lowest BCUT2D eigenvalue weighted by Gasteiger charge is -2.29. The highest BCUT2D eigenvalue weighted by atomic mass is 35.5. The van der Waals surface area contributed by atoms with Crippen molar-refractivity contribution >= 4 is 63.6 Å². The van der Waals surface area contributed by atoms with Gasteiger partial charge in [-0.05, 0) is 146 Å². The second-order valence-corrected chi connectivity index (χ2v) is 15.8. The van der Waals surface area contributed by atoms with E-state index in [2.05, 4.69) is 28.5 Å². The Morgan fingerprint density at radius 1 is 0.636 bits per heavy atom. The van der Waals surface area contributed by atoms with Crippen molar-refractivity contribution in [2.24, 2.45) is 0 Å². The van der Waals surface area contributed by atoms with Gasteiger partial charge in [0.15, 0.2) is 5.75 Å². The van der Waals surface area contributed by atoms with Gasteiger partial charge in [-0.3, -0.25) is 15.0 Å². The van der Waals surface area contributed by atoms with Crippen molar-refractivity contribution in [1.29, 1.82) is 0 Å². The molecule has 55 heavy (non-hydrogen) atoms. The number of carbonyl (C=O) groups excluding carboxylic acids is 1. The normalized spacial score (nSPS) is 16.4. The molecular weight excluding hydrogens is 772 g/mol. The van der Waals surface area contributed by atoms with Crippen molar-refractivity contribution in [3.05, 3.63) is 161 Å². The zero-order valence-corrected chi connectivity index (χ0v) is 33.2. The monoisotopic (exact) mass is 809 g/mol. The van der Waals surface area contributed by atoms with E-state index in [-0.39, 0.29) is 6.09 Å². The van der Waals surface area contributed by atoms with E-state index in [1.165, 1.54) is 45.2 Å². The number of carbonyl (C=O) groups is 1. The minimum Gasteiger partial charge on any atom is -0.409 e. The largest absolute Gasteiger partial charge is 0.415 e. The number of aryl methyl sites for hydroxylation is 2. The van der Waals surface area contributed by atoms with E-state index in [0.717, 1.165) is 113 Å². The van der Waals surface area contributed by atoms with Gasteiger partial charge in [0, 0.05) is 62.9 Å². The third-order valence-electron chi connectivity index (χ3n) is 10.8. The van der Waals surface area contributed by atoms with Crippen molar-refractivity contribution in [1.82, 2.24) is 25.2 Å². The summed E-state index contributed by atoms with van der Waals surface area (Å²) in [5, 5.41) is 6.52. The smallest absolute Gasteiger partial charge is 0.409 e. The highest BCUT2D eigenvalue weighted by molar-refractivity contribution is 6.32. The molecule has 0 atom stereocenters. The zero-order valence-electron chi connectivity index (χ0n) is 30.2. The first-order valence-electron chi connectivity index (χ1n) is 18.7. The second-order valence-electron chi connectivity index (χ2n) is 14.1. The maximum absolute atomic E-state index is 12.6. The Morgan fingerprint density at radius 3 is 1.71 bits per heavy atom. The van der Waals surface area contributed by atoms with Crippen LogP contribution in [0.5, 0.6) is 5.75 Å². The fourth-order valence-corrected chi connectivity index (χ4v) is 8.99. The van der Waals surface area contributed by atoms with Crippen molar-refractivity contribution in [2.45, 2.75) is 51.4 Å². The average Bonchev–Trinajstić information content (AvgIpc) is 3.47. The van der Waals surface area contributed by atoms with Gasteiger partial charge >= 0.3 is 6.09 Å². The summed E-state index contributed by atoms with van der Waals surface area (Å²) in [5.74, 6) is 0.448. The number of piperidine rings is 2. The minimum absolute atomic E-state index is 0.350. The highest BCUT2D eigenvalue weighted by Gasteiger charge is 2.29. The van der Waals surface area contributed by atoms with E-state index in [9.17, 15) is 4.79 Å². The quantitative estimate of drug-likeness (QED) is 0.182. The maximum atomic E-state index is 12.6. The van der Waals surface area contributed by atoms with Crippen molar-refractivity contribution in [3.63, 3.8) is 0 Å². The van der Waals surface area contributed by atoms with Crippen LogP contribution in [0.15, 0.2) is 96.6 Å². The number of ether oxygens (including phenoxy) is 1. The SMILES string of the molecule is Clc1ccc2c(c1)CCc1c(Cl)ccnc1C2=C1CCNCC1.O=C(Oc1cccnc1)N1CCC(=C2c3ccc(Cl)cc3CCc3c(Cl)ccnc32)CC1. The van der Waals surface area contributed by atoms with Gasteiger partial charge in [-0.2, -0.15) is 0 Å². The first-order chi connectivity index (χ1) is 26.8. The number of benzene rings is 2. The van der Waals surface area contributed by atoms with E-state index >= 15 is 0 Å². The summed E-state index contributed by atoms with van der Waals surface area (Å²) in [6.07, 6.45) is 13.6. The van der Waals surface area contributed by atoms with Gasteiger partial charge in [0.25, 0.3) is 0 Å². The Morgan fingerprint density at radius 2 is 1.18 bits per heavy atom. The molecule has 0 bridgehead atoms. The van der Waals surface area contributed by atoms with Crippen molar-refractivity contribution in [2.75, 3.05) is 26.2 Å². The summed E-state index contributed by atoms with van der Waals surface area (Å²) in [6.45, 7) is 3.21. The predicted octanol–water partition coefficient (Wildman–Crippen LogP) is 10.7. The van der Waals surface area contributed by atoms with Gasteiger partial charge in [-0.1, -0.05) is 69.7 Å². The predicted molar refractivity (Wildman–Crippen MR) is 221 cm³/mol. The van der Waals surface area contributed by atoms with Gasteiger partial charge in [0.05, 0.1) is 17.6 Å². The van der Waals surface area contributed by atoms with Gasteiger partial charge in [-0.25, -0.2) is 4.79 Å². The lowest BCUT2D eigenvalue weighted by molar-refractivity contribution is 0.148. The number of rotatable bonds is 1. The maximum Gasteiger partial charge on any atom is 0.415 e. The molecule has 11 heteroatoms. The highest BCUT2D eigenvalue weighted by Crippen LogP contribution is 2.41. The number of halogens is 4. The Hall–Kier alpha value is -4.24. The van der Waals surface area contributed by atoms with Gasteiger partial charge < -0.3 is 15.0 Å². The molecule has 0 saturated carbocycles. The van der Waals surface area contributed by atoms with Crippen LogP contribution >= 0.6 is 46.4 Å². The number of amides is 1. The van der Waals surface area contributed by atoms with E-state index in [0.29, 0.717) is 18.8 Å². The third-order valence-corrected chi connectivity index (χ3v) is 12.0. The number of pyridine rings is 3. The van der Waals surface area contributed by atoms with Crippen LogP contribution in [0.4, 0.5) is 4.79 Å². The number of nitrogens with zero attached hydrogens (tertiary/aromatic N) is 4. The lowest BCUT2D eigenvalue weighted by atomic mass is 9.88. The first-order valence-corrected chi connectivity index (χ1v) is 20.2. The molecule has 1 N–H and O–H groups in total. The molecule has 3 aromatic heterocycles. The second kappa shape index (κ2) is 16.9. The van der Waals surface area contributed by atoms with Crippen molar-refractivity contribution < 1.29 is 9.53 Å². The summed E-state index contributed by atoms with van der Waals surface area (Å²) in [6, 6.07) is 19.5. The van der Waals surface area contributed by atoms with Crippen LogP contribution in [0.25, 0.3) is 11.1 Å². The Kier molecular flexibility index (Phi) is 11.6. The molecule has 9 rings (SSSR count). The summed E-state index contributed by atoms with van der Waals surface area (Å²) in [5.41, 5.74) is 14.4. The molecule has 2 saturated heterocycles. The Balaban J connectivity index is 0.000000164. The van der Waals surface area contributed by atoms with Crippen LogP contribution in [0.3, 0.4) is 0 Å². The van der Waals surface area contributed by atoms with Gasteiger partial charge in [0.1, 0.15) is 0 Å². The molecule has 5 heterocycles. The molecule has 280 valence electrons. The minimum atomic E-state index is -0.350. The number of hydrogen-bond acceptors (Lipinski definition) is 6. The molecular formula is C44H39Cl4N5O2. The van der Waals surface area contributed by atoms with Gasteiger partial charge in [-0.15, -0.1) is 0 Å². The topological polar surface area (TPSA) is 80.2 Å². The molecule has 1 amide bonds. The summed E-state index contributed by atoms with van der Waals surface area (Å²) in [7, 11) is 0. The lowest BCUT2D eigenvalue weighted by Crippen LogP contribution is -2.38. The first kappa shape index (κ1) is 37.7. The molecule has 4 aliphatic rings. The number of likely N-dealkylation sites (tertiary alicyclic amines) is 1. The molecule has 2 aromatic carbocycles. The number of nitrogens with one attached hydrogen (secondary N) is 1. The fourth-order valence-electron chi connectivity index (χ4n) is 8.12. The molecule has 2 fully saturated rings. The Labute approximate surface area is 341 Å². The standard InChI is InChI=1S/C25H21Cl2N3O2.C19H18Cl2N2/c26-18-4-6-20-17(14-18)3-5-21-22(27)7-11-29-24(21)23(20)16-8-12-30(13-9-16)25(31)32-19-2-1-10-28-15-19;20-14-2-4-15-13(11-14)1-3-16-17(21)7-10-23-19(16)18(15)12-5-8-22-9-6-12/h1-2,4,6-7,10-11,14-15H,3,5,8-9,12-13H2;2,4,7,10-11,22H,1,3,5-6,8-9H2. The molecule has 2 aliphatic carbocycles. The van der Waals surface area contributed by atoms with Crippen molar-refractivity contribution in [3.8, 4) is 5.75 Å². The molecule has 5 aromatic rings. The van der Waals surface area contributed by atoms with E-state index in [4.69, 9.17) is 61.1 Å². The Bertz CT molecular complexity index is 2310. The number of hydrogen-bond donors (Lipinski definition) is 1. The number of aromatic nitrogens is 3. The van der Waals surface area contributed by atoms with E-state index in [1.807, 2.05) is 36.5 Å². The van der Waals surface area contributed by atoms with E-state index < -0.39 is 0 Å². The van der Waals surface area contributed by atoms with Crippen LogP contribution in [0.1, 0.15) is 70.5 Å². The van der Waals surface area contributed by atoms with Crippen LogP contribution < -0.4 is 10.1 Å². The number of fused-ring (bicyclic) bond motifs is 4. The summed E-state index contributed by atoms with van der Waals surface area (Å²) < 4.78 is 5.46. The van der Waals surface area contributed by atoms with E-state index in [1.54, 1.807) is 29.4 Å². The average molecular weight is 812 g/mol. The van der Waals surface area contributed by atoms with Crippen LogP contribution in [-0.4, -0.2) is 52.1 Å². The molecule has 2 aliphatic heterocycles. The molecule has 0 radical (unpaired) electrons. The fraction of sp³-hybridized carbons (Fsp3) is 0.273. The van der Waals surface area contributed by atoms with Gasteiger partial charge in [0.2, 0.25) is 0 Å². The molecule has 7 nitrogen and oxygen atoms in total.